The Hall–Kier alpha value is -1.68. The maximum atomic E-state index is 9.72. The zero-order valence-corrected chi connectivity index (χ0v) is 8.48. The molecule has 0 aliphatic carbocycles. The molecule has 1 aromatic carbocycles. The third kappa shape index (κ3) is 1.53. The van der Waals surface area contributed by atoms with Crippen molar-refractivity contribution < 1.29 is 20.1 Å². The molecule has 0 aromatic heterocycles. The summed E-state index contributed by atoms with van der Waals surface area (Å²) < 4.78 is 5.17. The summed E-state index contributed by atoms with van der Waals surface area (Å²) in [5.74, 6) is -1.96. The molecule has 1 aliphatic heterocycles. The lowest BCUT2D eigenvalue weighted by Gasteiger charge is -2.29. The Morgan fingerprint density at radius 3 is 2.60 bits per heavy atom. The first-order valence-electron chi connectivity index (χ1n) is 4.57. The molecule has 80 valence electrons. The van der Waals surface area contributed by atoms with Gasteiger partial charge in [0.05, 0.1) is 0 Å². The molecule has 4 heteroatoms. The van der Waals surface area contributed by atoms with Crippen LogP contribution in [0.15, 0.2) is 18.2 Å². The Morgan fingerprint density at radius 1 is 1.27 bits per heavy atom. The molecule has 0 bridgehead atoms. The zero-order valence-electron chi connectivity index (χ0n) is 8.48. The first-order valence-corrected chi connectivity index (χ1v) is 4.57. The highest BCUT2D eigenvalue weighted by Gasteiger charge is 2.29. The van der Waals surface area contributed by atoms with Crippen LogP contribution in [0.3, 0.4) is 0 Å². The molecule has 1 atom stereocenters. The summed E-state index contributed by atoms with van der Waals surface area (Å²) in [6.45, 7) is 3.26. The lowest BCUT2D eigenvalue weighted by Crippen LogP contribution is -2.32. The van der Waals surface area contributed by atoms with Gasteiger partial charge >= 0.3 is 0 Å². The quantitative estimate of drug-likeness (QED) is 0.566. The fourth-order valence-corrected chi connectivity index (χ4v) is 1.69. The van der Waals surface area contributed by atoms with E-state index >= 15 is 0 Å². The topological polar surface area (TPSA) is 69.9 Å². The van der Waals surface area contributed by atoms with E-state index in [-0.39, 0.29) is 17.2 Å². The minimum atomic E-state index is -1.46. The lowest BCUT2D eigenvalue weighted by atomic mass is 10.00. The van der Waals surface area contributed by atoms with Gasteiger partial charge in [-0.05, 0) is 30.7 Å². The maximum Gasteiger partial charge on any atom is 0.225 e. The van der Waals surface area contributed by atoms with Gasteiger partial charge in [-0.15, -0.1) is 0 Å². The molecular weight excluding hydrogens is 196 g/mol. The number of aromatic hydroxyl groups is 2. The summed E-state index contributed by atoms with van der Waals surface area (Å²) in [7, 11) is 0. The second kappa shape index (κ2) is 2.90. The van der Waals surface area contributed by atoms with Crippen LogP contribution in [0, 0.1) is 0 Å². The van der Waals surface area contributed by atoms with Gasteiger partial charge < -0.3 is 20.1 Å². The van der Waals surface area contributed by atoms with Crippen molar-refractivity contribution in [3.63, 3.8) is 0 Å². The van der Waals surface area contributed by atoms with Crippen LogP contribution in [0.1, 0.15) is 19.4 Å². The average molecular weight is 208 g/mol. The maximum absolute atomic E-state index is 9.72. The van der Waals surface area contributed by atoms with Crippen molar-refractivity contribution in [1.82, 2.24) is 0 Å². The number of hydrogen-bond donors (Lipinski definition) is 3. The van der Waals surface area contributed by atoms with Gasteiger partial charge in [0, 0.05) is 12.5 Å². The van der Waals surface area contributed by atoms with Gasteiger partial charge in [-0.1, -0.05) is 0 Å². The molecule has 1 aliphatic rings. The van der Waals surface area contributed by atoms with Gasteiger partial charge in [0.15, 0.2) is 11.5 Å². The largest absolute Gasteiger partial charge is 0.504 e. The van der Waals surface area contributed by atoms with Crippen molar-refractivity contribution in [3.8, 4) is 17.2 Å². The number of ether oxygens (including phenoxy) is 1. The van der Waals surface area contributed by atoms with Crippen molar-refractivity contribution in [2.24, 2.45) is 0 Å². The minimum absolute atomic E-state index is 0.111. The van der Waals surface area contributed by atoms with E-state index in [0.717, 1.165) is 5.57 Å². The first-order chi connectivity index (χ1) is 6.91. The molecule has 0 saturated carbocycles. The van der Waals surface area contributed by atoms with Crippen LogP contribution in [0.25, 0.3) is 5.57 Å². The summed E-state index contributed by atoms with van der Waals surface area (Å²) >= 11 is 0. The summed E-state index contributed by atoms with van der Waals surface area (Å²) in [5.41, 5.74) is 1.45. The van der Waals surface area contributed by atoms with Gasteiger partial charge in [0.2, 0.25) is 11.5 Å². The van der Waals surface area contributed by atoms with Crippen LogP contribution in [-0.4, -0.2) is 21.1 Å². The van der Waals surface area contributed by atoms with Crippen molar-refractivity contribution >= 4 is 5.57 Å². The molecule has 0 spiro atoms. The number of phenolic OH excluding ortho intramolecular Hbond substituents is 2. The van der Waals surface area contributed by atoms with Crippen molar-refractivity contribution in [3.05, 3.63) is 23.8 Å². The average Bonchev–Trinajstić information content (AvgIpc) is 2.10. The molecule has 0 fully saturated rings. The number of allylic oxidation sites excluding steroid dienone is 1. The highest BCUT2D eigenvalue weighted by molar-refractivity contribution is 5.75. The van der Waals surface area contributed by atoms with Gasteiger partial charge in [0.25, 0.3) is 0 Å². The Balaban J connectivity index is 2.65. The summed E-state index contributed by atoms with van der Waals surface area (Å²) in [6, 6.07) is 3.01. The van der Waals surface area contributed by atoms with E-state index in [1.165, 1.54) is 13.0 Å². The van der Waals surface area contributed by atoms with E-state index in [4.69, 9.17) is 4.74 Å². The van der Waals surface area contributed by atoms with Crippen LogP contribution < -0.4 is 4.74 Å². The van der Waals surface area contributed by atoms with Crippen LogP contribution in [0.4, 0.5) is 0 Å². The molecule has 1 unspecified atom stereocenters. The zero-order chi connectivity index (χ0) is 11.2. The number of hydrogen-bond acceptors (Lipinski definition) is 4. The fourth-order valence-electron chi connectivity index (χ4n) is 1.69. The number of fused-ring (bicyclic) bond motifs is 1. The number of phenols is 2. The van der Waals surface area contributed by atoms with E-state index in [1.807, 2.05) is 0 Å². The minimum Gasteiger partial charge on any atom is -0.504 e. The van der Waals surface area contributed by atoms with E-state index in [2.05, 4.69) is 0 Å². The number of benzene rings is 1. The third-order valence-electron chi connectivity index (χ3n) is 2.33. The summed E-state index contributed by atoms with van der Waals surface area (Å²) in [4.78, 5) is 0. The standard InChI is InChI=1S/C11H12O4/c1-6-5-11(2,14)15-10-7(6)3-4-8(12)9(10)13/h3-5,12-14H,1-2H3. The Bertz CT molecular complexity index is 446. The number of aliphatic hydroxyl groups is 1. The van der Waals surface area contributed by atoms with Crippen LogP contribution in [0.2, 0.25) is 0 Å². The molecule has 1 aromatic rings. The van der Waals surface area contributed by atoms with Gasteiger partial charge in [-0.25, -0.2) is 0 Å². The highest BCUT2D eigenvalue weighted by Crippen LogP contribution is 2.45. The molecule has 4 nitrogen and oxygen atoms in total. The summed E-state index contributed by atoms with van der Waals surface area (Å²) in [5, 5.41) is 28.6. The van der Waals surface area contributed by atoms with Gasteiger partial charge in [-0.2, -0.15) is 0 Å². The van der Waals surface area contributed by atoms with E-state index in [1.54, 1.807) is 19.1 Å². The van der Waals surface area contributed by atoms with Crippen molar-refractivity contribution in [1.29, 1.82) is 0 Å². The lowest BCUT2D eigenvalue weighted by molar-refractivity contribution is -0.0807. The molecule has 0 saturated heterocycles. The molecule has 0 radical (unpaired) electrons. The monoisotopic (exact) mass is 208 g/mol. The van der Waals surface area contributed by atoms with E-state index in [9.17, 15) is 15.3 Å². The number of rotatable bonds is 0. The van der Waals surface area contributed by atoms with Crippen LogP contribution >= 0.6 is 0 Å². The van der Waals surface area contributed by atoms with Gasteiger partial charge in [-0.3, -0.25) is 0 Å². The first kappa shape index (κ1) is 9.86. The second-order valence-corrected chi connectivity index (χ2v) is 3.79. The fraction of sp³-hybridized carbons (Fsp3) is 0.273. The van der Waals surface area contributed by atoms with Crippen molar-refractivity contribution in [2.45, 2.75) is 19.6 Å². The third-order valence-corrected chi connectivity index (χ3v) is 2.33. The molecule has 1 heterocycles. The Labute approximate surface area is 87.1 Å². The predicted octanol–water partition coefficient (Wildman–Crippen LogP) is 1.60. The highest BCUT2D eigenvalue weighted by atomic mass is 16.6. The van der Waals surface area contributed by atoms with Crippen LogP contribution in [0.5, 0.6) is 17.2 Å². The Kier molecular flexibility index (Phi) is 1.91. The normalized spacial score (nSPS) is 24.1. The second-order valence-electron chi connectivity index (χ2n) is 3.79. The van der Waals surface area contributed by atoms with Crippen LogP contribution in [-0.2, 0) is 0 Å². The molecule has 15 heavy (non-hydrogen) atoms. The van der Waals surface area contributed by atoms with Gasteiger partial charge in [0.1, 0.15) is 0 Å². The molecule has 2 rings (SSSR count). The Morgan fingerprint density at radius 2 is 1.93 bits per heavy atom. The van der Waals surface area contributed by atoms with E-state index in [0.29, 0.717) is 5.56 Å². The molecular formula is C11H12O4. The SMILES string of the molecule is CC1=CC(C)(O)Oc2c1ccc(O)c2O. The predicted molar refractivity (Wildman–Crippen MR) is 54.7 cm³/mol. The van der Waals surface area contributed by atoms with E-state index < -0.39 is 5.79 Å². The molecule has 3 N–H and O–H groups in total. The smallest absolute Gasteiger partial charge is 0.225 e. The summed E-state index contributed by atoms with van der Waals surface area (Å²) in [6.07, 6.45) is 1.55. The molecule has 0 amide bonds. The van der Waals surface area contributed by atoms with Crippen molar-refractivity contribution in [2.75, 3.05) is 0 Å².